The summed E-state index contributed by atoms with van der Waals surface area (Å²) in [6, 6.07) is 0. The van der Waals surface area contributed by atoms with Crippen molar-refractivity contribution in [2.24, 2.45) is 0 Å². The normalized spacial score (nSPS) is 12.4. The number of allylic oxidation sites excluding steroid dienone is 10. The van der Waals surface area contributed by atoms with Crippen LogP contribution in [0.25, 0.3) is 0 Å². The molecule has 0 saturated heterocycles. The summed E-state index contributed by atoms with van der Waals surface area (Å²) in [5, 5.41) is 0. The highest BCUT2D eigenvalue weighted by Gasteiger charge is 2.19. The highest BCUT2D eigenvalue weighted by Crippen LogP contribution is 2.18. The first-order valence-electron chi connectivity index (χ1n) is 35.8. The minimum Gasteiger partial charge on any atom is -0.462 e. The molecule has 0 saturated carbocycles. The van der Waals surface area contributed by atoms with Gasteiger partial charge in [0.1, 0.15) is 13.2 Å². The van der Waals surface area contributed by atoms with Gasteiger partial charge in [-0.05, 0) is 83.5 Å². The van der Waals surface area contributed by atoms with E-state index in [1.807, 2.05) is 0 Å². The quantitative estimate of drug-likeness (QED) is 0.0261. The Hall–Kier alpha value is -2.89. The monoisotopic (exact) mass is 1130 g/mol. The summed E-state index contributed by atoms with van der Waals surface area (Å²) in [7, 11) is 0. The molecule has 0 aromatic heterocycles. The van der Waals surface area contributed by atoms with Gasteiger partial charge in [0.05, 0.1) is 0 Å². The van der Waals surface area contributed by atoms with Crippen molar-refractivity contribution in [2.75, 3.05) is 13.2 Å². The highest BCUT2D eigenvalue weighted by molar-refractivity contribution is 5.71. The van der Waals surface area contributed by atoms with Gasteiger partial charge >= 0.3 is 17.9 Å². The van der Waals surface area contributed by atoms with Gasteiger partial charge in [0.15, 0.2) is 6.10 Å². The van der Waals surface area contributed by atoms with Crippen molar-refractivity contribution in [3.05, 3.63) is 60.8 Å². The van der Waals surface area contributed by atoms with Crippen LogP contribution in [0.5, 0.6) is 0 Å². The highest BCUT2D eigenvalue weighted by atomic mass is 16.6. The standard InChI is InChI=1S/C75H136O6/c1-4-7-10-13-16-19-22-25-28-30-32-33-34-35-36-37-38-39-40-41-43-44-47-50-53-56-59-62-65-68-74(77)80-71-72(70-79-73(76)67-64-61-58-55-52-49-46-27-24-21-18-15-12-9-6-3)81-75(78)69-66-63-60-57-54-51-48-45-42-31-29-26-23-20-17-14-11-8-5-2/h7,10,16,19,25,27-28,32-33,46,72H,4-6,8-9,11-15,17-18,20-24,26,29-31,34-45,47-71H2,1-3H3/b10-7-,19-16-,28-25-,33-32-,46-27-. The van der Waals surface area contributed by atoms with Gasteiger partial charge in [-0.25, -0.2) is 0 Å². The molecule has 0 rings (SSSR count). The van der Waals surface area contributed by atoms with E-state index in [4.69, 9.17) is 14.2 Å². The van der Waals surface area contributed by atoms with Crippen LogP contribution in [-0.2, 0) is 28.6 Å². The third-order valence-corrected chi connectivity index (χ3v) is 16.0. The van der Waals surface area contributed by atoms with E-state index in [0.717, 1.165) is 89.9 Å². The molecule has 0 heterocycles. The maximum absolute atomic E-state index is 13.0. The number of hydrogen-bond donors (Lipinski definition) is 0. The van der Waals surface area contributed by atoms with Crippen LogP contribution in [0.4, 0.5) is 0 Å². The molecule has 6 heteroatoms. The number of unbranched alkanes of at least 4 members (excludes halogenated alkanes) is 45. The Morgan fingerprint density at radius 3 is 0.765 bits per heavy atom. The molecule has 472 valence electrons. The number of ether oxygens (including phenoxy) is 3. The maximum atomic E-state index is 13.0. The molecule has 0 aliphatic rings. The fraction of sp³-hybridized carbons (Fsp3) is 0.827. The lowest BCUT2D eigenvalue weighted by Crippen LogP contribution is -2.30. The average molecular weight is 1130 g/mol. The fourth-order valence-corrected chi connectivity index (χ4v) is 10.7. The first-order valence-corrected chi connectivity index (χ1v) is 35.8. The number of carbonyl (C=O) groups excluding carboxylic acids is 3. The fourth-order valence-electron chi connectivity index (χ4n) is 10.7. The van der Waals surface area contributed by atoms with E-state index in [1.165, 1.54) is 250 Å². The van der Waals surface area contributed by atoms with Crippen molar-refractivity contribution in [2.45, 2.75) is 386 Å². The van der Waals surface area contributed by atoms with E-state index in [1.54, 1.807) is 0 Å². The summed E-state index contributed by atoms with van der Waals surface area (Å²) in [5.41, 5.74) is 0. The smallest absolute Gasteiger partial charge is 0.306 e. The molecule has 0 aliphatic carbocycles. The van der Waals surface area contributed by atoms with Crippen molar-refractivity contribution >= 4 is 17.9 Å². The summed E-state index contributed by atoms with van der Waals surface area (Å²) < 4.78 is 17.0. The molecule has 0 bridgehead atoms. The molecule has 0 amide bonds. The predicted octanol–water partition coefficient (Wildman–Crippen LogP) is 24.7. The van der Waals surface area contributed by atoms with E-state index >= 15 is 0 Å². The van der Waals surface area contributed by atoms with E-state index in [-0.39, 0.29) is 31.1 Å². The average Bonchev–Trinajstić information content (AvgIpc) is 3.47. The molecule has 0 fully saturated rings. The van der Waals surface area contributed by atoms with E-state index in [0.29, 0.717) is 19.3 Å². The van der Waals surface area contributed by atoms with Crippen LogP contribution < -0.4 is 0 Å². The first kappa shape index (κ1) is 78.1. The number of carbonyl (C=O) groups is 3. The molecule has 81 heavy (non-hydrogen) atoms. The molecule has 1 atom stereocenters. The Labute approximate surface area is 504 Å². The van der Waals surface area contributed by atoms with Crippen LogP contribution >= 0.6 is 0 Å². The lowest BCUT2D eigenvalue weighted by molar-refractivity contribution is -0.167. The van der Waals surface area contributed by atoms with Gasteiger partial charge in [0.25, 0.3) is 0 Å². The van der Waals surface area contributed by atoms with Crippen LogP contribution in [0.3, 0.4) is 0 Å². The summed E-state index contributed by atoms with van der Waals surface area (Å²) in [5.74, 6) is -0.852. The topological polar surface area (TPSA) is 78.9 Å². The van der Waals surface area contributed by atoms with Gasteiger partial charge in [0, 0.05) is 19.3 Å². The Bertz CT molecular complexity index is 1440. The van der Waals surface area contributed by atoms with Gasteiger partial charge in [0.2, 0.25) is 0 Å². The van der Waals surface area contributed by atoms with Crippen molar-refractivity contribution < 1.29 is 28.6 Å². The van der Waals surface area contributed by atoms with Gasteiger partial charge in [-0.15, -0.1) is 0 Å². The molecule has 0 spiro atoms. The Morgan fingerprint density at radius 2 is 0.481 bits per heavy atom. The third kappa shape index (κ3) is 67.8. The van der Waals surface area contributed by atoms with Crippen LogP contribution in [0, 0.1) is 0 Å². The number of hydrogen-bond acceptors (Lipinski definition) is 6. The second kappa shape index (κ2) is 69.6. The van der Waals surface area contributed by atoms with Crippen molar-refractivity contribution in [3.8, 4) is 0 Å². The second-order valence-corrected chi connectivity index (χ2v) is 24.1. The zero-order valence-electron chi connectivity index (χ0n) is 54.3. The molecule has 0 aliphatic heterocycles. The molecular formula is C75H136O6. The molecule has 0 N–H and O–H groups in total. The third-order valence-electron chi connectivity index (χ3n) is 16.0. The van der Waals surface area contributed by atoms with Gasteiger partial charge in [-0.3, -0.25) is 14.4 Å². The summed E-state index contributed by atoms with van der Waals surface area (Å²) in [4.78, 5) is 38.5. The second-order valence-electron chi connectivity index (χ2n) is 24.1. The molecule has 0 radical (unpaired) electrons. The van der Waals surface area contributed by atoms with E-state index in [2.05, 4.69) is 81.5 Å². The molecular weight excluding hydrogens is 997 g/mol. The zero-order valence-corrected chi connectivity index (χ0v) is 54.3. The maximum Gasteiger partial charge on any atom is 0.306 e. The summed E-state index contributed by atoms with van der Waals surface area (Å²) in [6.45, 7) is 6.58. The Morgan fingerprint density at radius 1 is 0.259 bits per heavy atom. The van der Waals surface area contributed by atoms with Crippen molar-refractivity contribution in [1.29, 1.82) is 0 Å². The SMILES string of the molecule is CC/C=C\C/C=C\C/C=C\C/C=C\CCCCCCCCCCCCCCCCCCC(=O)OCC(COC(=O)CCCCCCC/C=C\CCCCCCCC)OC(=O)CCCCCCCCCCCCCCCCCCCCC. The van der Waals surface area contributed by atoms with E-state index in [9.17, 15) is 14.4 Å². The van der Waals surface area contributed by atoms with Gasteiger partial charge in [-0.1, -0.05) is 338 Å². The summed E-state index contributed by atoms with van der Waals surface area (Å²) in [6.07, 6.45) is 89.6. The first-order chi connectivity index (χ1) is 40.0. The van der Waals surface area contributed by atoms with Gasteiger partial charge < -0.3 is 14.2 Å². The largest absolute Gasteiger partial charge is 0.462 e. The molecule has 6 nitrogen and oxygen atoms in total. The predicted molar refractivity (Wildman–Crippen MR) is 353 cm³/mol. The lowest BCUT2D eigenvalue weighted by Gasteiger charge is -2.18. The van der Waals surface area contributed by atoms with Crippen LogP contribution in [0.2, 0.25) is 0 Å². The minimum atomic E-state index is -0.775. The van der Waals surface area contributed by atoms with Crippen LogP contribution in [0.1, 0.15) is 380 Å². The molecule has 0 aromatic rings. The van der Waals surface area contributed by atoms with Gasteiger partial charge in [-0.2, -0.15) is 0 Å². The molecule has 0 aromatic carbocycles. The zero-order chi connectivity index (χ0) is 58.5. The summed E-state index contributed by atoms with van der Waals surface area (Å²) >= 11 is 0. The minimum absolute atomic E-state index is 0.0712. The van der Waals surface area contributed by atoms with Crippen LogP contribution in [-0.4, -0.2) is 37.2 Å². The number of esters is 3. The van der Waals surface area contributed by atoms with Crippen molar-refractivity contribution in [1.82, 2.24) is 0 Å². The Kier molecular flexibility index (Phi) is 67.1. The van der Waals surface area contributed by atoms with E-state index < -0.39 is 6.10 Å². The van der Waals surface area contributed by atoms with Crippen molar-refractivity contribution in [3.63, 3.8) is 0 Å². The van der Waals surface area contributed by atoms with Crippen LogP contribution in [0.15, 0.2) is 60.8 Å². The molecule has 1 unspecified atom stereocenters. The lowest BCUT2D eigenvalue weighted by atomic mass is 10.0. The number of rotatable bonds is 66. The Balaban J connectivity index is 4.23.